The Bertz CT molecular complexity index is 1500. The molecule has 2 unspecified atom stereocenters. The summed E-state index contributed by atoms with van der Waals surface area (Å²) in [5.41, 5.74) is 4.39. The van der Waals surface area contributed by atoms with Crippen LogP contribution in [0.25, 0.3) is 0 Å². The van der Waals surface area contributed by atoms with Crippen LogP contribution in [0.15, 0.2) is 66.7 Å². The van der Waals surface area contributed by atoms with Crippen LogP contribution >= 0.6 is 23.2 Å². The third-order valence-electron chi connectivity index (χ3n) is 8.29. The van der Waals surface area contributed by atoms with E-state index in [1.165, 1.54) is 11.4 Å². The molecule has 10 heteroatoms. The maximum absolute atomic E-state index is 13.8. The van der Waals surface area contributed by atoms with Gasteiger partial charge < -0.3 is 4.90 Å². The minimum Gasteiger partial charge on any atom is -0.337 e. The van der Waals surface area contributed by atoms with E-state index in [9.17, 15) is 13.2 Å². The summed E-state index contributed by atoms with van der Waals surface area (Å²) >= 11 is 12.3. The van der Waals surface area contributed by atoms with Crippen molar-refractivity contribution in [1.29, 1.82) is 0 Å². The molecule has 0 radical (unpaired) electrons. The van der Waals surface area contributed by atoms with Crippen molar-refractivity contribution in [2.24, 2.45) is 0 Å². The highest BCUT2D eigenvalue weighted by atomic mass is 35.5. The normalized spacial score (nSPS) is 19.1. The van der Waals surface area contributed by atoms with Crippen molar-refractivity contribution >= 4 is 45.0 Å². The van der Waals surface area contributed by atoms with E-state index in [-0.39, 0.29) is 31.0 Å². The number of hydrogen-bond donors (Lipinski definition) is 1. The van der Waals surface area contributed by atoms with E-state index >= 15 is 0 Å². The van der Waals surface area contributed by atoms with Crippen molar-refractivity contribution in [3.8, 4) is 0 Å². The third-order valence-corrected chi connectivity index (χ3v) is 10.5. The molecule has 1 fully saturated rings. The SMILES string of the molecule is CNS(=O)(=O)N(Cc1ccccc1)c1ccc2c(c1)C(N(C)C(=O)Cc1ccc(Cl)c(Cl)c1)C(N1CCCC1)CC2. The second-order valence-corrected chi connectivity index (χ2v) is 13.4. The number of halogens is 2. The van der Waals surface area contributed by atoms with Gasteiger partial charge in [-0.3, -0.25) is 14.0 Å². The Morgan fingerprint density at radius 3 is 2.39 bits per heavy atom. The van der Waals surface area contributed by atoms with E-state index in [1.54, 1.807) is 12.1 Å². The zero-order chi connectivity index (χ0) is 29.1. The summed E-state index contributed by atoms with van der Waals surface area (Å²) in [4.78, 5) is 18.1. The van der Waals surface area contributed by atoms with Gasteiger partial charge in [0.1, 0.15) is 0 Å². The van der Waals surface area contributed by atoms with Gasteiger partial charge in [0.2, 0.25) is 5.91 Å². The second kappa shape index (κ2) is 12.7. The maximum atomic E-state index is 13.8. The van der Waals surface area contributed by atoms with Gasteiger partial charge in [0.05, 0.1) is 34.7 Å². The number of likely N-dealkylation sites (tertiary alicyclic amines) is 1. The number of carbonyl (C=O) groups excluding carboxylic acids is 1. The fourth-order valence-electron chi connectivity index (χ4n) is 6.11. The van der Waals surface area contributed by atoms with Gasteiger partial charge in [0.15, 0.2) is 0 Å². The van der Waals surface area contributed by atoms with Crippen LogP contribution in [0.3, 0.4) is 0 Å². The van der Waals surface area contributed by atoms with Gasteiger partial charge in [0, 0.05) is 20.1 Å². The molecule has 0 aromatic heterocycles. The van der Waals surface area contributed by atoms with E-state index in [0.717, 1.165) is 61.0 Å². The minimum atomic E-state index is -3.80. The van der Waals surface area contributed by atoms with Crippen molar-refractivity contribution in [3.63, 3.8) is 0 Å². The highest BCUT2D eigenvalue weighted by Gasteiger charge is 2.39. The molecule has 2 atom stereocenters. The molecule has 1 aliphatic heterocycles. The molecule has 0 bridgehead atoms. The average Bonchev–Trinajstić information content (AvgIpc) is 3.52. The minimum absolute atomic E-state index is 0.0279. The van der Waals surface area contributed by atoms with Crippen LogP contribution in [-0.4, -0.2) is 57.4 Å². The van der Waals surface area contributed by atoms with Crippen LogP contribution < -0.4 is 9.03 Å². The van der Waals surface area contributed by atoms with Crippen LogP contribution in [0, 0.1) is 0 Å². The maximum Gasteiger partial charge on any atom is 0.301 e. The fraction of sp³-hybridized carbons (Fsp3) is 0.387. The number of nitrogens with zero attached hydrogens (tertiary/aromatic N) is 3. The van der Waals surface area contributed by atoms with Crippen molar-refractivity contribution < 1.29 is 13.2 Å². The molecule has 1 saturated heterocycles. The number of nitrogens with one attached hydrogen (secondary N) is 1. The number of fused-ring (bicyclic) bond motifs is 1. The Morgan fingerprint density at radius 2 is 1.71 bits per heavy atom. The highest BCUT2D eigenvalue weighted by molar-refractivity contribution is 7.90. The van der Waals surface area contributed by atoms with Gasteiger partial charge in [-0.1, -0.05) is 65.7 Å². The summed E-state index contributed by atoms with van der Waals surface area (Å²) in [6.07, 6.45) is 4.29. The molecule has 41 heavy (non-hydrogen) atoms. The molecule has 3 aromatic rings. The lowest BCUT2D eigenvalue weighted by Gasteiger charge is -2.44. The van der Waals surface area contributed by atoms with E-state index in [2.05, 4.69) is 9.62 Å². The second-order valence-electron chi connectivity index (χ2n) is 10.8. The van der Waals surface area contributed by atoms with E-state index in [1.807, 2.05) is 66.5 Å². The quantitative estimate of drug-likeness (QED) is 0.340. The van der Waals surface area contributed by atoms with E-state index < -0.39 is 10.2 Å². The van der Waals surface area contributed by atoms with Gasteiger partial charge in [-0.05, 0) is 85.3 Å². The van der Waals surface area contributed by atoms with Crippen LogP contribution in [0.4, 0.5) is 5.69 Å². The lowest BCUT2D eigenvalue weighted by Crippen LogP contribution is -2.49. The summed E-state index contributed by atoms with van der Waals surface area (Å²) in [7, 11) is -0.514. The number of aryl methyl sites for hydroxylation is 1. The Balaban J connectivity index is 1.53. The number of anilines is 1. The summed E-state index contributed by atoms with van der Waals surface area (Å²) in [6, 6.07) is 20.6. The van der Waals surface area contributed by atoms with Crippen LogP contribution in [0.1, 0.15) is 47.6 Å². The predicted molar refractivity (Wildman–Crippen MR) is 166 cm³/mol. The lowest BCUT2D eigenvalue weighted by atomic mass is 9.82. The molecule has 5 rings (SSSR count). The number of amides is 1. The molecule has 1 N–H and O–H groups in total. The van der Waals surface area contributed by atoms with Gasteiger partial charge in [-0.25, -0.2) is 4.72 Å². The zero-order valence-corrected chi connectivity index (χ0v) is 25.7. The molecule has 1 amide bonds. The van der Waals surface area contributed by atoms with Crippen LogP contribution in [-0.2, 0) is 34.4 Å². The number of likely N-dealkylation sites (N-methyl/N-ethyl adjacent to an activating group) is 1. The zero-order valence-electron chi connectivity index (χ0n) is 23.4. The first-order valence-corrected chi connectivity index (χ1v) is 16.2. The van der Waals surface area contributed by atoms with Crippen molar-refractivity contribution in [2.75, 3.05) is 31.5 Å². The number of hydrogen-bond acceptors (Lipinski definition) is 4. The summed E-state index contributed by atoms with van der Waals surface area (Å²) in [5, 5.41) is 0.877. The first-order valence-electron chi connectivity index (χ1n) is 14.0. The number of rotatable bonds is 9. The van der Waals surface area contributed by atoms with Crippen LogP contribution in [0.2, 0.25) is 10.0 Å². The first kappa shape index (κ1) is 29.9. The molecular weight excluding hydrogens is 579 g/mol. The van der Waals surface area contributed by atoms with Crippen molar-refractivity contribution in [2.45, 2.75) is 50.7 Å². The average molecular weight is 616 g/mol. The summed E-state index contributed by atoms with van der Waals surface area (Å²) < 4.78 is 30.4. The van der Waals surface area contributed by atoms with E-state index in [4.69, 9.17) is 23.2 Å². The smallest absolute Gasteiger partial charge is 0.301 e. The third kappa shape index (κ3) is 6.57. The fourth-order valence-corrected chi connectivity index (χ4v) is 7.36. The van der Waals surface area contributed by atoms with Gasteiger partial charge in [0.25, 0.3) is 0 Å². The molecule has 1 heterocycles. The van der Waals surface area contributed by atoms with Crippen molar-refractivity contribution in [1.82, 2.24) is 14.5 Å². The Kier molecular flexibility index (Phi) is 9.26. The standard InChI is InChI=1S/C31H36Cl2N4O3S/c1-34-41(39,40)37(21-22-8-4-3-5-9-22)25-13-11-24-12-15-29(36-16-6-7-17-36)31(26(24)20-25)35(2)30(38)19-23-10-14-27(32)28(33)18-23/h3-5,8-11,13-14,18,20,29,31,34H,6-7,12,15-17,19,21H2,1-2H3. The molecule has 218 valence electrons. The molecule has 3 aromatic carbocycles. The Labute approximate surface area is 253 Å². The number of carbonyl (C=O) groups is 1. The molecule has 0 spiro atoms. The van der Waals surface area contributed by atoms with Crippen molar-refractivity contribution in [3.05, 3.63) is 99.0 Å². The first-order chi connectivity index (χ1) is 19.7. The van der Waals surface area contributed by atoms with E-state index in [0.29, 0.717) is 15.7 Å². The van der Waals surface area contributed by atoms with Gasteiger partial charge in [-0.15, -0.1) is 0 Å². The lowest BCUT2D eigenvalue weighted by molar-refractivity contribution is -0.133. The molecule has 7 nitrogen and oxygen atoms in total. The Morgan fingerprint density at radius 1 is 0.976 bits per heavy atom. The predicted octanol–water partition coefficient (Wildman–Crippen LogP) is 5.62. The molecule has 1 aliphatic carbocycles. The van der Waals surface area contributed by atoms with Crippen LogP contribution in [0.5, 0.6) is 0 Å². The highest BCUT2D eigenvalue weighted by Crippen LogP contribution is 2.40. The van der Waals surface area contributed by atoms with Gasteiger partial charge >= 0.3 is 10.2 Å². The Hall–Kier alpha value is -2.62. The summed E-state index contributed by atoms with van der Waals surface area (Å²) in [6.45, 7) is 2.19. The largest absolute Gasteiger partial charge is 0.337 e. The molecule has 2 aliphatic rings. The topological polar surface area (TPSA) is 73.0 Å². The molecule has 0 saturated carbocycles. The number of benzene rings is 3. The van der Waals surface area contributed by atoms with Gasteiger partial charge in [-0.2, -0.15) is 8.42 Å². The molecular formula is C31H36Cl2N4O3S. The monoisotopic (exact) mass is 614 g/mol. The summed E-state index contributed by atoms with van der Waals surface area (Å²) in [5.74, 6) is -0.0279.